The number of nitrogens with one attached hydrogen (secondary N) is 1. The summed E-state index contributed by atoms with van der Waals surface area (Å²) < 4.78 is 124. The van der Waals surface area contributed by atoms with Crippen molar-refractivity contribution in [2.24, 2.45) is 0 Å². The molecule has 3 fully saturated rings. The van der Waals surface area contributed by atoms with Crippen molar-refractivity contribution in [3.8, 4) is 22.9 Å². The maximum Gasteiger partial charge on any atom is 0.314 e. The van der Waals surface area contributed by atoms with Gasteiger partial charge in [-0.1, -0.05) is 59.6 Å². The van der Waals surface area contributed by atoms with E-state index in [1.807, 2.05) is 0 Å². The molecule has 0 radical (unpaired) electrons. The summed E-state index contributed by atoms with van der Waals surface area (Å²) in [4.78, 5) is 2.30. The molecule has 0 spiro atoms. The summed E-state index contributed by atoms with van der Waals surface area (Å²) in [7, 11) is -7.36. The van der Waals surface area contributed by atoms with Gasteiger partial charge in [-0.05, 0) is 124 Å². The Morgan fingerprint density at radius 1 is 0.623 bits per heavy atom. The van der Waals surface area contributed by atoms with Crippen LogP contribution in [0.5, 0.6) is 0 Å². The van der Waals surface area contributed by atoms with Crippen molar-refractivity contribution in [1.82, 2.24) is 30.6 Å². The van der Waals surface area contributed by atoms with Crippen molar-refractivity contribution < 1.29 is 48.0 Å². The van der Waals surface area contributed by atoms with Crippen LogP contribution in [0.25, 0.3) is 22.9 Å². The van der Waals surface area contributed by atoms with Gasteiger partial charge in [-0.15, -0.1) is 32.8 Å². The van der Waals surface area contributed by atoms with Crippen LogP contribution in [0.3, 0.4) is 0 Å². The van der Waals surface area contributed by atoms with E-state index in [4.69, 9.17) is 36.8 Å². The van der Waals surface area contributed by atoms with Crippen molar-refractivity contribution in [2.75, 3.05) is 48.0 Å². The second-order valence-electron chi connectivity index (χ2n) is 16.3. The lowest BCUT2D eigenvalue weighted by Gasteiger charge is -2.42. The van der Waals surface area contributed by atoms with Gasteiger partial charge in [0, 0.05) is 21.2 Å². The lowest BCUT2D eigenvalue weighted by molar-refractivity contribution is -0.0695. The van der Waals surface area contributed by atoms with Crippen molar-refractivity contribution in [2.45, 2.75) is 68.2 Å². The standard InChI is InChI=1S/C24H25ClF2N4O4S.C21H21ClF2N4O3S.ClH/c25-18-2-1-3-19(12-18)31(36(32,33)21-8-10-30(11-9-21)20-14-34-15-20)13-16-4-6-17(7-5-16)23-28-29-24(35-23)22(26)27;22-16-2-1-3-17(12-16)28(32(29,30)18-8-10-25-11-9-18)13-14-4-6-15(7-5-14)20-26-27-21(31-20)19(23)24;/h1-7,12,20-22H,8-11,13-15H2;1-7,12,18-19,25H,8-11,13H2;1H. The average Bonchev–Trinajstić information content (AvgIpc) is 4.03. The number of ether oxygens (including phenoxy) is 1. The molecule has 2 aromatic heterocycles. The quantitative estimate of drug-likeness (QED) is 0.0964. The van der Waals surface area contributed by atoms with Gasteiger partial charge in [0.2, 0.25) is 31.8 Å². The molecule has 0 unspecified atom stereocenters. The van der Waals surface area contributed by atoms with Gasteiger partial charge in [0.05, 0.1) is 54.2 Å². The second kappa shape index (κ2) is 22.9. The maximum absolute atomic E-state index is 13.9. The van der Waals surface area contributed by atoms with Crippen molar-refractivity contribution in [3.63, 3.8) is 0 Å². The summed E-state index contributed by atoms with van der Waals surface area (Å²) >= 11 is 12.3. The van der Waals surface area contributed by atoms with E-state index in [2.05, 4.69) is 30.6 Å². The number of piperidine rings is 2. The molecule has 3 saturated heterocycles. The molecule has 0 saturated carbocycles. The van der Waals surface area contributed by atoms with E-state index in [1.165, 1.54) is 8.61 Å². The van der Waals surface area contributed by atoms with Crippen LogP contribution >= 0.6 is 35.6 Å². The predicted molar refractivity (Wildman–Crippen MR) is 255 cm³/mol. The molecule has 1 N–H and O–H groups in total. The number of likely N-dealkylation sites (tertiary alicyclic amines) is 1. The fraction of sp³-hybridized carbons (Fsp3) is 0.378. The summed E-state index contributed by atoms with van der Waals surface area (Å²) in [6, 6.07) is 27.3. The van der Waals surface area contributed by atoms with Gasteiger partial charge in [0.1, 0.15) is 0 Å². The monoisotopic (exact) mass is 1060 g/mol. The Kier molecular flexibility index (Phi) is 17.3. The number of sulfonamides is 2. The molecule has 0 aliphatic carbocycles. The van der Waals surface area contributed by atoms with Crippen LogP contribution in [0, 0.1) is 0 Å². The fourth-order valence-corrected chi connectivity index (χ4v) is 12.3. The molecule has 5 heterocycles. The summed E-state index contributed by atoms with van der Waals surface area (Å²) in [6.07, 6.45) is -3.56. The van der Waals surface area contributed by atoms with E-state index in [9.17, 15) is 34.4 Å². The molecule has 370 valence electrons. The zero-order chi connectivity index (χ0) is 48.0. The Hall–Kier alpha value is -4.87. The number of benzene rings is 4. The molecule has 3 aliphatic rings. The number of hydrogen-bond acceptors (Lipinski definition) is 13. The third kappa shape index (κ3) is 12.5. The SMILES string of the molecule is Cl.O=S(=O)(C1CCN(C2COC2)CC1)N(Cc1ccc(-c2nnc(C(F)F)o2)cc1)c1cccc(Cl)c1.O=S(=O)(C1CCNCC1)N(Cc1ccc(-c2nnc(C(F)F)o2)cc1)c1cccc(Cl)c1. The average molecular weight is 1060 g/mol. The van der Waals surface area contributed by atoms with E-state index in [-0.39, 0.29) is 37.3 Å². The van der Waals surface area contributed by atoms with Crippen LogP contribution in [0.2, 0.25) is 10.0 Å². The number of rotatable bonds is 15. The summed E-state index contributed by atoms with van der Waals surface area (Å²) in [5, 5.41) is 17.0. The highest BCUT2D eigenvalue weighted by Crippen LogP contribution is 2.33. The van der Waals surface area contributed by atoms with Crippen molar-refractivity contribution in [3.05, 3.63) is 130 Å². The highest BCUT2D eigenvalue weighted by Gasteiger charge is 2.38. The number of nitrogens with zero attached hydrogens (tertiary/aromatic N) is 7. The molecule has 4 aromatic carbocycles. The van der Waals surface area contributed by atoms with Gasteiger partial charge < -0.3 is 18.9 Å². The first-order chi connectivity index (χ1) is 32.6. The molecule has 0 bridgehead atoms. The largest absolute Gasteiger partial charge is 0.415 e. The minimum absolute atomic E-state index is 0. The summed E-state index contributed by atoms with van der Waals surface area (Å²) in [6.45, 7) is 4.30. The fourth-order valence-electron chi connectivity index (χ4n) is 8.06. The van der Waals surface area contributed by atoms with Gasteiger partial charge in [0.15, 0.2) is 0 Å². The molecule has 9 rings (SSSR count). The first-order valence-electron chi connectivity index (χ1n) is 21.6. The normalized spacial score (nSPS) is 16.4. The molecule has 3 aliphatic heterocycles. The van der Waals surface area contributed by atoms with E-state index < -0.39 is 55.2 Å². The van der Waals surface area contributed by atoms with E-state index in [0.717, 1.165) is 0 Å². The Labute approximate surface area is 412 Å². The minimum Gasteiger partial charge on any atom is -0.415 e. The zero-order valence-corrected chi connectivity index (χ0v) is 40.6. The van der Waals surface area contributed by atoms with E-state index in [0.29, 0.717) is 115 Å². The maximum atomic E-state index is 13.9. The molecule has 0 atom stereocenters. The van der Waals surface area contributed by atoms with E-state index >= 15 is 0 Å². The molecule has 69 heavy (non-hydrogen) atoms. The molecular weight excluding hydrogens is 1010 g/mol. The van der Waals surface area contributed by atoms with Crippen LogP contribution in [0.4, 0.5) is 28.9 Å². The molecule has 24 heteroatoms. The number of alkyl halides is 4. The number of hydrogen-bond donors (Lipinski definition) is 1. The van der Waals surface area contributed by atoms with Gasteiger partial charge in [-0.25, -0.2) is 16.8 Å². The third-order valence-corrected chi connectivity index (χ3v) is 16.9. The number of aromatic nitrogens is 4. The third-order valence-electron chi connectivity index (χ3n) is 11.9. The summed E-state index contributed by atoms with van der Waals surface area (Å²) in [5.41, 5.74) is 3.31. The van der Waals surface area contributed by atoms with E-state index in [1.54, 1.807) is 97.1 Å². The van der Waals surface area contributed by atoms with Crippen LogP contribution in [0.15, 0.2) is 106 Å². The lowest BCUT2D eigenvalue weighted by Crippen LogP contribution is -2.54. The van der Waals surface area contributed by atoms with Gasteiger partial charge in [0.25, 0.3) is 11.8 Å². The van der Waals surface area contributed by atoms with Crippen LogP contribution in [0.1, 0.15) is 61.4 Å². The Morgan fingerprint density at radius 2 is 1.04 bits per heavy atom. The summed E-state index contributed by atoms with van der Waals surface area (Å²) in [5.74, 6) is -1.55. The molecule has 6 aromatic rings. The molecule has 0 amide bonds. The van der Waals surface area contributed by atoms with Crippen molar-refractivity contribution >= 4 is 67.0 Å². The Morgan fingerprint density at radius 3 is 1.41 bits per heavy atom. The smallest absolute Gasteiger partial charge is 0.314 e. The van der Waals surface area contributed by atoms with Crippen LogP contribution < -0.4 is 13.9 Å². The Bertz CT molecular complexity index is 2850. The first kappa shape index (κ1) is 52.0. The van der Waals surface area contributed by atoms with Crippen LogP contribution in [-0.4, -0.2) is 98.1 Å². The first-order valence-corrected chi connectivity index (χ1v) is 25.4. The van der Waals surface area contributed by atoms with Crippen LogP contribution in [-0.2, 0) is 37.9 Å². The van der Waals surface area contributed by atoms with Gasteiger partial charge >= 0.3 is 12.9 Å². The predicted octanol–water partition coefficient (Wildman–Crippen LogP) is 9.36. The molecular formula is C45H47Cl3F4N8O7S2. The minimum atomic E-state index is -3.71. The van der Waals surface area contributed by atoms with Crippen molar-refractivity contribution in [1.29, 1.82) is 0 Å². The van der Waals surface area contributed by atoms with Gasteiger partial charge in [-0.3, -0.25) is 13.5 Å². The number of halogens is 7. The lowest BCUT2D eigenvalue weighted by atomic mass is 10.1. The molecule has 15 nitrogen and oxygen atoms in total. The highest BCUT2D eigenvalue weighted by molar-refractivity contribution is 7.93. The zero-order valence-electron chi connectivity index (χ0n) is 36.6. The number of anilines is 2. The topological polar surface area (TPSA) is 177 Å². The van der Waals surface area contributed by atoms with Gasteiger partial charge in [-0.2, -0.15) is 17.6 Å². The Balaban J connectivity index is 0.000000202. The second-order valence-corrected chi connectivity index (χ2v) is 21.5. The highest BCUT2D eigenvalue weighted by atomic mass is 35.5.